The number of ether oxygens (including phenoxy) is 2. The minimum Gasteiger partial charge on any atom is -0.458 e. The van der Waals surface area contributed by atoms with E-state index >= 15 is 0 Å². The normalized spacial score (nSPS) is 12.9. The maximum Gasteiger partial charge on any atom is 0.408 e. The zero-order valence-corrected chi connectivity index (χ0v) is 25.2. The molecule has 0 fully saturated rings. The summed E-state index contributed by atoms with van der Waals surface area (Å²) in [7, 11) is 0. The minimum absolute atomic E-state index is 0.154. The standard InChI is InChI=1S/C32H43N3O6/c1-9-22-17-14-18-24(19-22)27(35(10-2)26(36)21-33-30(39)41-32(6,7)8)28(37)34-25(29(38)40-31(3,4)5)20-23-15-12-11-13-16-23/h9,11-19,25,27H,1,10,20-21H2,2-8H3,(H,33,39)(H,34,37). The Morgan fingerprint density at radius 3 is 2.12 bits per heavy atom. The van der Waals surface area contributed by atoms with Gasteiger partial charge in [-0.15, -0.1) is 0 Å². The minimum atomic E-state index is -1.10. The number of carbonyl (C=O) groups excluding carboxylic acids is 4. The van der Waals surface area contributed by atoms with Crippen molar-refractivity contribution in [3.63, 3.8) is 0 Å². The van der Waals surface area contributed by atoms with E-state index < -0.39 is 47.2 Å². The van der Waals surface area contributed by atoms with Crippen LogP contribution in [0.15, 0.2) is 61.2 Å². The Balaban J connectivity index is 2.42. The molecule has 2 atom stereocenters. The SMILES string of the molecule is C=Cc1cccc(C(C(=O)NC(Cc2ccccc2)C(=O)OC(C)(C)C)N(CC)C(=O)CNC(=O)OC(C)(C)C)c1. The molecule has 0 heterocycles. The number of carbonyl (C=O) groups is 4. The number of alkyl carbamates (subject to hydrolysis) is 1. The van der Waals surface area contributed by atoms with Crippen LogP contribution >= 0.6 is 0 Å². The second-order valence-electron chi connectivity index (χ2n) is 11.6. The molecule has 2 N–H and O–H groups in total. The molecular weight excluding hydrogens is 522 g/mol. The maximum absolute atomic E-state index is 14.0. The van der Waals surface area contributed by atoms with Gasteiger partial charge in [0.2, 0.25) is 11.8 Å². The van der Waals surface area contributed by atoms with Crippen molar-refractivity contribution in [3.05, 3.63) is 77.9 Å². The van der Waals surface area contributed by atoms with Gasteiger partial charge in [-0.3, -0.25) is 9.59 Å². The van der Waals surface area contributed by atoms with Gasteiger partial charge in [0.25, 0.3) is 0 Å². The van der Waals surface area contributed by atoms with Crippen molar-refractivity contribution in [2.45, 2.75) is 78.2 Å². The molecule has 2 unspecified atom stereocenters. The van der Waals surface area contributed by atoms with E-state index in [9.17, 15) is 19.2 Å². The summed E-state index contributed by atoms with van der Waals surface area (Å²) in [5.41, 5.74) is 0.603. The van der Waals surface area contributed by atoms with Crippen molar-refractivity contribution in [2.24, 2.45) is 0 Å². The molecule has 2 rings (SSSR count). The van der Waals surface area contributed by atoms with Gasteiger partial charge in [0.1, 0.15) is 29.8 Å². The van der Waals surface area contributed by atoms with Crippen LogP contribution in [0.2, 0.25) is 0 Å². The fraction of sp³-hybridized carbons (Fsp3) is 0.438. The molecular formula is C32H43N3O6. The zero-order valence-electron chi connectivity index (χ0n) is 25.2. The largest absolute Gasteiger partial charge is 0.458 e. The Hall–Kier alpha value is -4.14. The van der Waals surface area contributed by atoms with Crippen LogP contribution in [0.4, 0.5) is 4.79 Å². The monoisotopic (exact) mass is 565 g/mol. The number of likely N-dealkylation sites (N-methyl/N-ethyl adjacent to an activating group) is 1. The van der Waals surface area contributed by atoms with Crippen molar-refractivity contribution in [2.75, 3.05) is 13.1 Å². The number of esters is 1. The van der Waals surface area contributed by atoms with Gasteiger partial charge in [-0.2, -0.15) is 0 Å². The Bertz CT molecular complexity index is 1210. The Morgan fingerprint density at radius 2 is 1.56 bits per heavy atom. The summed E-state index contributed by atoms with van der Waals surface area (Å²) in [4.78, 5) is 54.1. The molecule has 0 spiro atoms. The second-order valence-corrected chi connectivity index (χ2v) is 11.6. The van der Waals surface area contributed by atoms with Crippen molar-refractivity contribution in [1.29, 1.82) is 0 Å². The summed E-state index contributed by atoms with van der Waals surface area (Å²) in [6, 6.07) is 14.2. The van der Waals surface area contributed by atoms with E-state index in [-0.39, 0.29) is 19.5 Å². The highest BCUT2D eigenvalue weighted by atomic mass is 16.6. The molecule has 0 aliphatic heterocycles. The van der Waals surface area contributed by atoms with Gasteiger partial charge >= 0.3 is 12.1 Å². The van der Waals surface area contributed by atoms with Crippen LogP contribution in [-0.4, -0.2) is 59.1 Å². The number of rotatable bonds is 11. The van der Waals surface area contributed by atoms with Crippen molar-refractivity contribution in [1.82, 2.24) is 15.5 Å². The summed E-state index contributed by atoms with van der Waals surface area (Å²) >= 11 is 0. The van der Waals surface area contributed by atoms with Crippen LogP contribution in [-0.2, 0) is 30.3 Å². The molecule has 0 bridgehead atoms. The van der Waals surface area contributed by atoms with Gasteiger partial charge in [-0.05, 0) is 71.2 Å². The van der Waals surface area contributed by atoms with E-state index in [2.05, 4.69) is 17.2 Å². The van der Waals surface area contributed by atoms with E-state index in [4.69, 9.17) is 9.47 Å². The molecule has 41 heavy (non-hydrogen) atoms. The molecule has 9 heteroatoms. The third-order valence-corrected chi connectivity index (χ3v) is 5.76. The topological polar surface area (TPSA) is 114 Å². The number of hydrogen-bond acceptors (Lipinski definition) is 6. The molecule has 0 radical (unpaired) electrons. The van der Waals surface area contributed by atoms with Crippen LogP contribution in [0.5, 0.6) is 0 Å². The van der Waals surface area contributed by atoms with Gasteiger partial charge < -0.3 is 25.0 Å². The van der Waals surface area contributed by atoms with E-state index in [1.165, 1.54) is 4.90 Å². The molecule has 3 amide bonds. The van der Waals surface area contributed by atoms with Crippen molar-refractivity contribution >= 4 is 30.0 Å². The highest BCUT2D eigenvalue weighted by molar-refractivity contribution is 5.93. The lowest BCUT2D eigenvalue weighted by Gasteiger charge is -2.32. The average molecular weight is 566 g/mol. The Labute approximate surface area is 243 Å². The third-order valence-electron chi connectivity index (χ3n) is 5.76. The summed E-state index contributed by atoms with van der Waals surface area (Å²) in [5, 5.41) is 5.31. The first-order valence-corrected chi connectivity index (χ1v) is 13.7. The quantitative estimate of drug-likeness (QED) is 0.378. The fourth-order valence-electron chi connectivity index (χ4n) is 4.06. The number of hydrogen-bond donors (Lipinski definition) is 2. The maximum atomic E-state index is 14.0. The van der Waals surface area contributed by atoms with Gasteiger partial charge in [-0.25, -0.2) is 9.59 Å². The second kappa shape index (κ2) is 14.5. The van der Waals surface area contributed by atoms with E-state index in [0.717, 1.165) is 11.1 Å². The molecule has 0 aliphatic carbocycles. The molecule has 0 aromatic heterocycles. The lowest BCUT2D eigenvalue weighted by Crippen LogP contribution is -2.52. The molecule has 222 valence electrons. The molecule has 0 aliphatic rings. The average Bonchev–Trinajstić information content (AvgIpc) is 2.88. The summed E-state index contributed by atoms with van der Waals surface area (Å²) in [6.07, 6.45) is 1.09. The van der Waals surface area contributed by atoms with Crippen LogP contribution < -0.4 is 10.6 Å². The molecule has 0 saturated carbocycles. The summed E-state index contributed by atoms with van der Waals surface area (Å²) < 4.78 is 10.9. The van der Waals surface area contributed by atoms with E-state index in [1.54, 1.807) is 72.7 Å². The van der Waals surface area contributed by atoms with Crippen molar-refractivity contribution < 1.29 is 28.7 Å². The summed E-state index contributed by atoms with van der Waals surface area (Å²) in [6.45, 7) is 15.7. The van der Waals surface area contributed by atoms with Crippen molar-refractivity contribution in [3.8, 4) is 0 Å². The highest BCUT2D eigenvalue weighted by Crippen LogP contribution is 2.24. The number of nitrogens with one attached hydrogen (secondary N) is 2. The number of benzene rings is 2. The van der Waals surface area contributed by atoms with Gasteiger partial charge in [0, 0.05) is 13.0 Å². The van der Waals surface area contributed by atoms with Crippen LogP contribution in [0.25, 0.3) is 6.08 Å². The Morgan fingerprint density at radius 1 is 0.927 bits per heavy atom. The third kappa shape index (κ3) is 11.1. The fourth-order valence-corrected chi connectivity index (χ4v) is 4.06. The van der Waals surface area contributed by atoms with Crippen LogP contribution in [0, 0.1) is 0 Å². The van der Waals surface area contributed by atoms with Gasteiger partial charge in [0.05, 0.1) is 0 Å². The molecule has 2 aromatic carbocycles. The molecule has 9 nitrogen and oxygen atoms in total. The van der Waals surface area contributed by atoms with Gasteiger partial charge in [-0.1, -0.05) is 61.2 Å². The highest BCUT2D eigenvalue weighted by Gasteiger charge is 2.35. The lowest BCUT2D eigenvalue weighted by atomic mass is 9.99. The van der Waals surface area contributed by atoms with E-state index in [1.807, 2.05) is 36.4 Å². The molecule has 2 aromatic rings. The van der Waals surface area contributed by atoms with E-state index in [0.29, 0.717) is 5.56 Å². The van der Waals surface area contributed by atoms with Crippen LogP contribution in [0.1, 0.15) is 71.2 Å². The lowest BCUT2D eigenvalue weighted by molar-refractivity contribution is -0.159. The zero-order chi connectivity index (χ0) is 30.8. The smallest absolute Gasteiger partial charge is 0.408 e. The first-order chi connectivity index (χ1) is 19.1. The first kappa shape index (κ1) is 33.1. The first-order valence-electron chi connectivity index (χ1n) is 13.7. The predicted molar refractivity (Wildman–Crippen MR) is 159 cm³/mol. The number of nitrogens with zero attached hydrogens (tertiary/aromatic N) is 1. The Kier molecular flexibility index (Phi) is 11.7. The van der Waals surface area contributed by atoms with Gasteiger partial charge in [0.15, 0.2) is 0 Å². The number of amides is 3. The predicted octanol–water partition coefficient (Wildman–Crippen LogP) is 4.81. The molecule has 0 saturated heterocycles. The van der Waals surface area contributed by atoms with Crippen LogP contribution in [0.3, 0.4) is 0 Å². The summed E-state index contributed by atoms with van der Waals surface area (Å²) in [5.74, 6) is -1.65.